The Morgan fingerprint density at radius 1 is 0.485 bits per heavy atom. The van der Waals surface area contributed by atoms with Gasteiger partial charge < -0.3 is 20.7 Å². The molecule has 14 heteroatoms. The van der Waals surface area contributed by atoms with Crippen LogP contribution in [-0.2, 0) is 0 Å². The number of carbonyl (C=O) groups excluding carboxylic acids is 3. The van der Waals surface area contributed by atoms with Crippen LogP contribution in [0.4, 0.5) is 17.5 Å². The van der Waals surface area contributed by atoms with Gasteiger partial charge in [-0.05, 0) is 116 Å². The smallest absolute Gasteiger partial charge is 0.275 e. The second-order valence-electron chi connectivity index (χ2n) is 15.6. The maximum Gasteiger partial charge on any atom is 0.275 e. The first-order valence-electron chi connectivity index (χ1n) is 20.9. The fourth-order valence-corrected chi connectivity index (χ4v) is 6.52. The lowest BCUT2D eigenvalue weighted by atomic mass is 10.0. The number of aromatic nitrogens is 6. The van der Waals surface area contributed by atoms with Crippen LogP contribution in [0.15, 0.2) is 146 Å². The summed E-state index contributed by atoms with van der Waals surface area (Å²) in [5.41, 5.74) is 7.61. The van der Waals surface area contributed by atoms with Crippen LogP contribution in [0.25, 0.3) is 32.7 Å². The first-order valence-corrected chi connectivity index (χ1v) is 21.3. The van der Waals surface area contributed by atoms with E-state index in [0.29, 0.717) is 62.3 Å². The third-order valence-corrected chi connectivity index (χ3v) is 10.3. The van der Waals surface area contributed by atoms with Crippen molar-refractivity contribution in [2.75, 3.05) is 23.1 Å². The maximum absolute atomic E-state index is 12.3. The van der Waals surface area contributed by atoms with Gasteiger partial charge in [0.1, 0.15) is 40.3 Å². The molecule has 0 aliphatic heterocycles. The Bertz CT molecular complexity index is 3180. The Labute approximate surface area is 386 Å². The standard InChI is InChI=1S/C19H19N3O.C17H15N3O2.C16H12ClN3O/c1-12(2)15-6-5-14-7-8-16(21-17(14)10-15)19(23)22-18-9-4-13(3)11-20-18;1-11-3-8-16(18-10-11)20-17(21)14-7-5-12-4-6-13(22-2)9-15(12)19-14;1-10-2-7-15(18-9-10)20-16(21)13-6-4-11-3-5-12(17)8-14(11)19-13/h4-12H,1-3H3,(H,20,22,23);3-10H,1-2H3,(H,18,20,21);2-9H,1H3,(H,18,20,21). The molecule has 0 fully saturated rings. The summed E-state index contributed by atoms with van der Waals surface area (Å²) in [6.07, 6.45) is 5.12. The Morgan fingerprint density at radius 2 is 0.864 bits per heavy atom. The summed E-state index contributed by atoms with van der Waals surface area (Å²) in [6.45, 7) is 10.1. The van der Waals surface area contributed by atoms with E-state index in [4.69, 9.17) is 16.3 Å². The number of amides is 3. The number of pyridine rings is 6. The first kappa shape index (κ1) is 45.9. The minimum Gasteiger partial charge on any atom is -0.497 e. The van der Waals surface area contributed by atoms with Gasteiger partial charge in [0.15, 0.2) is 0 Å². The molecule has 0 saturated carbocycles. The molecule has 330 valence electrons. The molecule has 6 heterocycles. The second kappa shape index (κ2) is 21.0. The molecule has 0 spiro atoms. The number of hydrogen-bond donors (Lipinski definition) is 3. The summed E-state index contributed by atoms with van der Waals surface area (Å²) in [4.78, 5) is 62.5. The van der Waals surface area contributed by atoms with Crippen LogP contribution in [0.1, 0.15) is 73.5 Å². The molecular formula is C52H46ClN9O4. The molecule has 0 bridgehead atoms. The zero-order valence-corrected chi connectivity index (χ0v) is 37.9. The SMILES string of the molecule is COc1ccc2ccc(C(=O)Nc3ccc(C)cn3)nc2c1.Cc1ccc(NC(=O)c2ccc3ccc(C(C)C)cc3n2)nc1.Cc1ccc(NC(=O)c2ccc3ccc(Cl)cc3n2)nc1. The van der Waals surface area contributed by atoms with Crippen LogP contribution >= 0.6 is 11.6 Å². The lowest BCUT2D eigenvalue weighted by Crippen LogP contribution is -2.14. The molecule has 13 nitrogen and oxygen atoms in total. The minimum atomic E-state index is -0.298. The lowest BCUT2D eigenvalue weighted by Gasteiger charge is -2.08. The van der Waals surface area contributed by atoms with Crippen molar-refractivity contribution in [3.05, 3.63) is 190 Å². The molecule has 9 aromatic rings. The zero-order valence-electron chi connectivity index (χ0n) is 37.1. The quantitative estimate of drug-likeness (QED) is 0.133. The van der Waals surface area contributed by atoms with Crippen molar-refractivity contribution in [3.63, 3.8) is 0 Å². The van der Waals surface area contributed by atoms with E-state index in [1.54, 1.807) is 80.3 Å². The van der Waals surface area contributed by atoms with Crippen molar-refractivity contribution in [1.82, 2.24) is 29.9 Å². The van der Waals surface area contributed by atoms with Crippen molar-refractivity contribution >= 4 is 79.5 Å². The van der Waals surface area contributed by atoms with Gasteiger partial charge in [-0.25, -0.2) is 29.9 Å². The molecule has 0 aliphatic rings. The van der Waals surface area contributed by atoms with E-state index in [1.807, 2.05) is 87.5 Å². The molecule has 3 aromatic carbocycles. The number of hydrogen-bond acceptors (Lipinski definition) is 10. The number of ether oxygens (including phenoxy) is 1. The predicted molar refractivity (Wildman–Crippen MR) is 262 cm³/mol. The molecular weight excluding hydrogens is 850 g/mol. The zero-order chi connectivity index (χ0) is 46.7. The lowest BCUT2D eigenvalue weighted by molar-refractivity contribution is 0.101. The number of benzene rings is 3. The summed E-state index contributed by atoms with van der Waals surface area (Å²) >= 11 is 5.94. The van der Waals surface area contributed by atoms with Crippen molar-refractivity contribution in [1.29, 1.82) is 0 Å². The number of rotatable bonds is 8. The van der Waals surface area contributed by atoms with E-state index < -0.39 is 0 Å². The van der Waals surface area contributed by atoms with Crippen molar-refractivity contribution in [2.24, 2.45) is 0 Å². The second-order valence-corrected chi connectivity index (χ2v) is 16.1. The van der Waals surface area contributed by atoms with Crippen molar-refractivity contribution in [3.8, 4) is 5.75 Å². The van der Waals surface area contributed by atoms with Gasteiger partial charge >= 0.3 is 0 Å². The summed E-state index contributed by atoms with van der Waals surface area (Å²) in [7, 11) is 1.60. The Balaban J connectivity index is 0.000000147. The van der Waals surface area contributed by atoms with Crippen LogP contribution in [0.2, 0.25) is 5.02 Å². The largest absolute Gasteiger partial charge is 0.497 e. The number of aryl methyl sites for hydroxylation is 3. The highest BCUT2D eigenvalue weighted by molar-refractivity contribution is 6.31. The summed E-state index contributed by atoms with van der Waals surface area (Å²) < 4.78 is 5.18. The molecule has 9 rings (SSSR count). The summed E-state index contributed by atoms with van der Waals surface area (Å²) in [5, 5.41) is 11.7. The molecule has 0 unspecified atom stereocenters. The summed E-state index contributed by atoms with van der Waals surface area (Å²) in [5.74, 6) is 1.82. The molecule has 66 heavy (non-hydrogen) atoms. The van der Waals surface area contributed by atoms with Gasteiger partial charge in [-0.2, -0.15) is 0 Å². The molecule has 3 amide bonds. The van der Waals surface area contributed by atoms with Crippen LogP contribution < -0.4 is 20.7 Å². The van der Waals surface area contributed by atoms with Crippen molar-refractivity contribution < 1.29 is 19.1 Å². The Morgan fingerprint density at radius 3 is 1.26 bits per heavy atom. The highest BCUT2D eigenvalue weighted by Gasteiger charge is 2.13. The highest BCUT2D eigenvalue weighted by atomic mass is 35.5. The number of methoxy groups -OCH3 is 1. The fraction of sp³-hybridized carbons (Fsp3) is 0.135. The van der Waals surface area contributed by atoms with E-state index in [9.17, 15) is 14.4 Å². The molecule has 0 atom stereocenters. The molecule has 0 radical (unpaired) electrons. The van der Waals surface area contributed by atoms with Crippen molar-refractivity contribution in [2.45, 2.75) is 40.5 Å². The molecule has 0 aliphatic carbocycles. The third-order valence-electron chi connectivity index (χ3n) is 10.1. The number of fused-ring (bicyclic) bond motifs is 3. The van der Waals surface area contributed by atoms with Gasteiger partial charge in [0.2, 0.25) is 0 Å². The van der Waals surface area contributed by atoms with Gasteiger partial charge in [0.05, 0.1) is 23.7 Å². The Kier molecular flexibility index (Phi) is 14.6. The van der Waals surface area contributed by atoms with E-state index in [1.165, 1.54) is 5.56 Å². The Hall–Kier alpha value is -8.16. The van der Waals surface area contributed by atoms with E-state index in [0.717, 1.165) is 38.4 Å². The van der Waals surface area contributed by atoms with Gasteiger partial charge in [-0.1, -0.05) is 80.0 Å². The van der Waals surface area contributed by atoms with Crippen LogP contribution in [-0.4, -0.2) is 54.7 Å². The topological polar surface area (TPSA) is 174 Å². The third kappa shape index (κ3) is 12.1. The normalized spacial score (nSPS) is 10.7. The van der Waals surface area contributed by atoms with E-state index in [2.05, 4.69) is 65.8 Å². The van der Waals surface area contributed by atoms with Gasteiger partial charge in [0.25, 0.3) is 17.7 Å². The van der Waals surface area contributed by atoms with E-state index in [-0.39, 0.29) is 17.7 Å². The predicted octanol–water partition coefficient (Wildman–Crippen LogP) is 11.4. The van der Waals surface area contributed by atoms with Gasteiger partial charge in [-0.15, -0.1) is 0 Å². The summed E-state index contributed by atoms with van der Waals surface area (Å²) in [6, 6.07) is 38.9. The monoisotopic (exact) mass is 895 g/mol. The number of halogens is 1. The number of carbonyl (C=O) groups is 3. The average molecular weight is 896 g/mol. The van der Waals surface area contributed by atoms with Crippen LogP contribution in [0.3, 0.4) is 0 Å². The van der Waals surface area contributed by atoms with Crippen LogP contribution in [0, 0.1) is 20.8 Å². The van der Waals surface area contributed by atoms with Gasteiger partial charge in [-0.3, -0.25) is 14.4 Å². The molecule has 3 N–H and O–H groups in total. The average Bonchev–Trinajstić information content (AvgIpc) is 3.33. The highest BCUT2D eigenvalue weighted by Crippen LogP contribution is 2.23. The fourth-order valence-electron chi connectivity index (χ4n) is 6.35. The first-order chi connectivity index (χ1) is 31.8. The minimum absolute atomic E-state index is 0.252. The van der Waals surface area contributed by atoms with Crippen LogP contribution in [0.5, 0.6) is 5.75 Å². The molecule has 0 saturated heterocycles. The number of nitrogens with zero attached hydrogens (tertiary/aromatic N) is 6. The van der Waals surface area contributed by atoms with E-state index >= 15 is 0 Å². The number of anilines is 3. The molecule has 6 aromatic heterocycles. The maximum atomic E-state index is 12.3. The van der Waals surface area contributed by atoms with Gasteiger partial charge in [0, 0.05) is 45.8 Å². The number of nitrogens with one attached hydrogen (secondary N) is 3.